The maximum atomic E-state index is 12.8. The fourth-order valence-corrected chi connectivity index (χ4v) is 1.85. The van der Waals surface area contributed by atoms with Crippen molar-refractivity contribution < 1.29 is 8.81 Å². The third-order valence-corrected chi connectivity index (χ3v) is 2.75. The van der Waals surface area contributed by atoms with Gasteiger partial charge in [-0.15, -0.1) is 0 Å². The average molecular weight is 238 g/mol. The highest BCUT2D eigenvalue weighted by molar-refractivity contribution is 7.99. The Morgan fingerprint density at radius 3 is 3.12 bits per heavy atom. The van der Waals surface area contributed by atoms with Crippen molar-refractivity contribution in [2.75, 3.05) is 17.6 Å². The van der Waals surface area contributed by atoms with Gasteiger partial charge in [0.05, 0.1) is 6.20 Å². The van der Waals surface area contributed by atoms with E-state index in [-0.39, 0.29) is 5.82 Å². The fraction of sp³-hybridized carbons (Fsp3) is 0.182. The van der Waals surface area contributed by atoms with Crippen molar-refractivity contribution in [1.82, 2.24) is 4.98 Å². The first kappa shape index (κ1) is 11.0. The van der Waals surface area contributed by atoms with E-state index in [0.717, 1.165) is 18.0 Å². The zero-order chi connectivity index (χ0) is 11.2. The molecule has 16 heavy (non-hydrogen) atoms. The van der Waals surface area contributed by atoms with E-state index in [1.165, 1.54) is 23.9 Å². The minimum atomic E-state index is -0.231. The second-order valence-corrected chi connectivity index (χ2v) is 4.13. The van der Waals surface area contributed by atoms with E-state index in [1.807, 2.05) is 6.07 Å². The number of anilines is 1. The molecule has 0 amide bonds. The Bertz CT molecular complexity index is 433. The molecule has 0 spiro atoms. The van der Waals surface area contributed by atoms with Crippen molar-refractivity contribution in [2.45, 2.75) is 5.22 Å². The SMILES string of the molecule is Fc1cccc(NCCSc2ncco2)c1. The van der Waals surface area contributed by atoms with Gasteiger partial charge in [-0.05, 0) is 18.2 Å². The van der Waals surface area contributed by atoms with Crippen LogP contribution in [0, 0.1) is 5.82 Å². The fourth-order valence-electron chi connectivity index (χ4n) is 1.21. The van der Waals surface area contributed by atoms with Crippen LogP contribution >= 0.6 is 11.8 Å². The van der Waals surface area contributed by atoms with Crippen LogP contribution < -0.4 is 5.32 Å². The minimum absolute atomic E-state index is 0.231. The molecule has 0 aliphatic carbocycles. The first-order valence-corrected chi connectivity index (χ1v) is 5.85. The summed E-state index contributed by atoms with van der Waals surface area (Å²) in [5.74, 6) is 0.585. The molecule has 84 valence electrons. The zero-order valence-corrected chi connectivity index (χ0v) is 9.34. The number of benzene rings is 1. The predicted octanol–water partition coefficient (Wildman–Crippen LogP) is 3.02. The van der Waals surface area contributed by atoms with Gasteiger partial charge in [-0.25, -0.2) is 9.37 Å². The zero-order valence-electron chi connectivity index (χ0n) is 8.52. The summed E-state index contributed by atoms with van der Waals surface area (Å²) in [5.41, 5.74) is 0.785. The number of aromatic nitrogens is 1. The topological polar surface area (TPSA) is 38.1 Å². The Hall–Kier alpha value is -1.49. The lowest BCUT2D eigenvalue weighted by molar-refractivity contribution is 0.454. The average Bonchev–Trinajstić information content (AvgIpc) is 2.77. The molecule has 3 nitrogen and oxygen atoms in total. The van der Waals surface area contributed by atoms with Crippen LogP contribution in [0.2, 0.25) is 0 Å². The van der Waals surface area contributed by atoms with Crippen molar-refractivity contribution in [3.8, 4) is 0 Å². The molecule has 0 saturated carbocycles. The summed E-state index contributed by atoms with van der Waals surface area (Å²) in [4.78, 5) is 3.98. The summed E-state index contributed by atoms with van der Waals surface area (Å²) >= 11 is 1.52. The van der Waals surface area contributed by atoms with Gasteiger partial charge in [0.15, 0.2) is 0 Å². The van der Waals surface area contributed by atoms with Crippen LogP contribution in [0.15, 0.2) is 46.4 Å². The van der Waals surface area contributed by atoms with Gasteiger partial charge in [0.25, 0.3) is 5.22 Å². The largest absolute Gasteiger partial charge is 0.440 e. The van der Waals surface area contributed by atoms with Crippen molar-refractivity contribution in [3.63, 3.8) is 0 Å². The van der Waals surface area contributed by atoms with Crippen LogP contribution in [0.3, 0.4) is 0 Å². The van der Waals surface area contributed by atoms with Crippen LogP contribution in [0.1, 0.15) is 0 Å². The van der Waals surface area contributed by atoms with Gasteiger partial charge < -0.3 is 9.73 Å². The second-order valence-electron chi connectivity index (χ2n) is 3.08. The number of thioether (sulfide) groups is 1. The molecule has 0 bridgehead atoms. The Kier molecular flexibility index (Phi) is 3.82. The molecule has 1 N–H and O–H groups in total. The third kappa shape index (κ3) is 3.27. The summed E-state index contributed by atoms with van der Waals surface area (Å²) in [6, 6.07) is 6.40. The maximum absolute atomic E-state index is 12.8. The lowest BCUT2D eigenvalue weighted by atomic mass is 10.3. The normalized spacial score (nSPS) is 10.3. The molecule has 5 heteroatoms. The first-order valence-electron chi connectivity index (χ1n) is 4.86. The molecular formula is C11H11FN2OS. The van der Waals surface area contributed by atoms with Crippen molar-refractivity contribution >= 4 is 17.4 Å². The van der Waals surface area contributed by atoms with Crippen molar-refractivity contribution in [1.29, 1.82) is 0 Å². The summed E-state index contributed by atoms with van der Waals surface area (Å²) < 4.78 is 17.9. The van der Waals surface area contributed by atoms with E-state index >= 15 is 0 Å². The molecule has 1 heterocycles. The molecule has 1 aromatic heterocycles. The molecule has 0 aliphatic heterocycles. The molecule has 0 radical (unpaired) electrons. The number of oxazole rings is 1. The number of nitrogens with one attached hydrogen (secondary N) is 1. The van der Waals surface area contributed by atoms with E-state index < -0.39 is 0 Å². The molecule has 0 saturated heterocycles. The van der Waals surface area contributed by atoms with E-state index in [0.29, 0.717) is 5.22 Å². The van der Waals surface area contributed by atoms with Crippen LogP contribution in [-0.4, -0.2) is 17.3 Å². The Morgan fingerprint density at radius 1 is 1.44 bits per heavy atom. The summed E-state index contributed by atoms with van der Waals surface area (Å²) in [6.07, 6.45) is 3.16. The van der Waals surface area contributed by atoms with E-state index in [9.17, 15) is 4.39 Å². The highest BCUT2D eigenvalue weighted by Gasteiger charge is 1.98. The lowest BCUT2D eigenvalue weighted by Crippen LogP contribution is -2.03. The van der Waals surface area contributed by atoms with Crippen LogP contribution in [0.25, 0.3) is 0 Å². The molecule has 2 aromatic rings. The number of nitrogens with zero attached hydrogens (tertiary/aromatic N) is 1. The summed E-state index contributed by atoms with van der Waals surface area (Å²) in [7, 11) is 0. The van der Waals surface area contributed by atoms with Crippen molar-refractivity contribution in [2.24, 2.45) is 0 Å². The van der Waals surface area contributed by atoms with Gasteiger partial charge in [0.1, 0.15) is 12.1 Å². The van der Waals surface area contributed by atoms with Crippen LogP contribution in [0.5, 0.6) is 0 Å². The Morgan fingerprint density at radius 2 is 2.38 bits per heavy atom. The molecule has 0 aliphatic rings. The van der Waals surface area contributed by atoms with Gasteiger partial charge in [-0.3, -0.25) is 0 Å². The Balaban J connectivity index is 1.72. The van der Waals surface area contributed by atoms with Gasteiger partial charge in [-0.2, -0.15) is 0 Å². The number of hydrogen-bond acceptors (Lipinski definition) is 4. The van der Waals surface area contributed by atoms with E-state index in [1.54, 1.807) is 18.5 Å². The van der Waals surface area contributed by atoms with Crippen LogP contribution in [0.4, 0.5) is 10.1 Å². The van der Waals surface area contributed by atoms with E-state index in [2.05, 4.69) is 10.3 Å². The molecule has 2 rings (SSSR count). The van der Waals surface area contributed by atoms with Crippen molar-refractivity contribution in [3.05, 3.63) is 42.5 Å². The first-order chi connectivity index (χ1) is 7.84. The van der Waals surface area contributed by atoms with Gasteiger partial charge >= 0.3 is 0 Å². The minimum Gasteiger partial charge on any atom is -0.440 e. The quantitative estimate of drug-likeness (QED) is 0.642. The van der Waals surface area contributed by atoms with Gasteiger partial charge in [0.2, 0.25) is 0 Å². The third-order valence-electron chi connectivity index (χ3n) is 1.89. The summed E-state index contributed by atoms with van der Waals surface area (Å²) in [6.45, 7) is 0.733. The van der Waals surface area contributed by atoms with Gasteiger partial charge in [-0.1, -0.05) is 17.8 Å². The van der Waals surface area contributed by atoms with Crippen LogP contribution in [-0.2, 0) is 0 Å². The highest BCUT2D eigenvalue weighted by Crippen LogP contribution is 2.15. The number of rotatable bonds is 5. The molecule has 0 atom stereocenters. The highest BCUT2D eigenvalue weighted by atomic mass is 32.2. The smallest absolute Gasteiger partial charge is 0.255 e. The monoisotopic (exact) mass is 238 g/mol. The van der Waals surface area contributed by atoms with E-state index in [4.69, 9.17) is 4.42 Å². The molecule has 0 unspecified atom stereocenters. The molecular weight excluding hydrogens is 227 g/mol. The maximum Gasteiger partial charge on any atom is 0.255 e. The number of hydrogen-bond donors (Lipinski definition) is 1. The molecule has 1 aromatic carbocycles. The second kappa shape index (κ2) is 5.55. The Labute approximate surface area is 97.1 Å². The lowest BCUT2D eigenvalue weighted by Gasteiger charge is -2.04. The summed E-state index contributed by atoms with van der Waals surface area (Å²) in [5, 5.41) is 3.77. The van der Waals surface area contributed by atoms with Gasteiger partial charge in [0, 0.05) is 18.0 Å². The predicted molar refractivity (Wildman–Crippen MR) is 62.1 cm³/mol. The number of halogens is 1. The molecule has 0 fully saturated rings. The standard InChI is InChI=1S/C11H11FN2OS/c12-9-2-1-3-10(8-9)13-5-7-16-11-14-4-6-15-11/h1-4,6,8,13H,5,7H2.